The summed E-state index contributed by atoms with van der Waals surface area (Å²) in [6.45, 7) is -0.0203. The second kappa shape index (κ2) is 9.34. The van der Waals surface area contributed by atoms with Gasteiger partial charge in [-0.1, -0.05) is 12.2 Å². The molecule has 2 atom stereocenters. The maximum Gasteiger partial charge on any atom is 0.275 e. The van der Waals surface area contributed by atoms with E-state index in [0.717, 1.165) is 0 Å². The van der Waals surface area contributed by atoms with Gasteiger partial charge in [0.2, 0.25) is 5.43 Å². The number of rotatable bonds is 6. The summed E-state index contributed by atoms with van der Waals surface area (Å²) in [4.78, 5) is 40.2. The number of hydrogen-bond acceptors (Lipinski definition) is 5. The average Bonchev–Trinajstić information content (AvgIpc) is 2.80. The molecule has 0 aliphatic carbocycles. The fraction of sp³-hybridized carbons (Fsp3) is 0.348. The highest BCUT2D eigenvalue weighted by Crippen LogP contribution is 2.36. The zero-order chi connectivity index (χ0) is 24.6. The molecule has 3 heterocycles. The van der Waals surface area contributed by atoms with Gasteiger partial charge in [-0.25, -0.2) is 13.2 Å². The first-order chi connectivity index (χ1) is 16.2. The van der Waals surface area contributed by atoms with Crippen LogP contribution in [0.25, 0.3) is 0 Å². The third-order valence-electron chi connectivity index (χ3n) is 6.12. The molecule has 0 saturated carbocycles. The van der Waals surface area contributed by atoms with Crippen molar-refractivity contribution in [3.8, 4) is 5.75 Å². The van der Waals surface area contributed by atoms with Gasteiger partial charge in [0.1, 0.15) is 23.0 Å². The third-order valence-corrected chi connectivity index (χ3v) is 6.12. The van der Waals surface area contributed by atoms with Crippen molar-refractivity contribution in [2.45, 2.75) is 31.5 Å². The fourth-order valence-electron chi connectivity index (χ4n) is 4.44. The largest absolute Gasteiger partial charge is 0.503 e. The molecule has 2 amide bonds. The maximum atomic E-state index is 13.9. The number of nitrogens with zero attached hydrogens (tertiary/aromatic N) is 2. The number of ether oxygens (including phenoxy) is 1. The Hall–Kier alpha value is -3.60. The first-order valence-electron chi connectivity index (χ1n) is 10.6. The monoisotopic (exact) mass is 477 g/mol. The van der Waals surface area contributed by atoms with Crippen LogP contribution in [0.5, 0.6) is 5.75 Å². The highest BCUT2D eigenvalue weighted by atomic mass is 19.1. The van der Waals surface area contributed by atoms with E-state index in [0.29, 0.717) is 38.1 Å². The minimum absolute atomic E-state index is 0.232. The van der Waals surface area contributed by atoms with Crippen LogP contribution in [-0.4, -0.2) is 52.7 Å². The van der Waals surface area contributed by atoms with Crippen LogP contribution >= 0.6 is 0 Å². The Morgan fingerprint density at radius 3 is 2.59 bits per heavy atom. The average molecular weight is 477 g/mol. The van der Waals surface area contributed by atoms with Gasteiger partial charge in [0.15, 0.2) is 11.4 Å². The van der Waals surface area contributed by atoms with Crippen molar-refractivity contribution < 1.29 is 32.6 Å². The summed E-state index contributed by atoms with van der Waals surface area (Å²) in [5, 5.41) is 12.8. The van der Waals surface area contributed by atoms with Crippen LogP contribution in [0.4, 0.5) is 13.2 Å². The molecule has 2 N–H and O–H groups in total. The summed E-state index contributed by atoms with van der Waals surface area (Å²) >= 11 is 0. The lowest BCUT2D eigenvalue weighted by molar-refractivity contribution is 0.0480. The van der Waals surface area contributed by atoms with Crippen molar-refractivity contribution in [3.05, 3.63) is 75.0 Å². The summed E-state index contributed by atoms with van der Waals surface area (Å²) in [7, 11) is 1.52. The van der Waals surface area contributed by atoms with Crippen molar-refractivity contribution in [1.82, 2.24) is 14.8 Å². The van der Waals surface area contributed by atoms with Crippen LogP contribution in [0.15, 0.2) is 35.3 Å². The smallest absolute Gasteiger partial charge is 0.275 e. The molecule has 34 heavy (non-hydrogen) atoms. The molecule has 0 spiro atoms. The number of aromatic nitrogens is 1. The van der Waals surface area contributed by atoms with Crippen molar-refractivity contribution in [2.75, 3.05) is 20.3 Å². The van der Waals surface area contributed by atoms with E-state index in [2.05, 4.69) is 5.32 Å². The minimum Gasteiger partial charge on any atom is -0.503 e. The van der Waals surface area contributed by atoms with Gasteiger partial charge < -0.3 is 24.6 Å². The molecule has 2 aliphatic heterocycles. The predicted octanol–water partition coefficient (Wildman–Crippen LogP) is 2.26. The standard InChI is InChI=1S/C23H22F3N3O5/c1-34-7-5-18-17-4-2-3-6-28(17)23(33)19-21(31)20(30)14(11-29(18)19)22(32)27-10-13-15(25)8-12(24)9-16(13)26/h2-3,8-9,11,17-18,31H,4-7,10H2,1H3,(H,27,32)/t17?,18-/m0/s1. The number of hydrogen-bond donors (Lipinski definition) is 2. The van der Waals surface area contributed by atoms with Gasteiger partial charge in [0, 0.05) is 50.7 Å². The summed E-state index contributed by atoms with van der Waals surface area (Å²) in [6, 6.07) is 0.268. The predicted molar refractivity (Wildman–Crippen MR) is 114 cm³/mol. The summed E-state index contributed by atoms with van der Waals surface area (Å²) in [6.07, 6.45) is 5.90. The van der Waals surface area contributed by atoms with E-state index in [1.54, 1.807) is 4.90 Å². The lowest BCUT2D eigenvalue weighted by Gasteiger charge is -2.44. The first kappa shape index (κ1) is 23.6. The Labute approximate surface area is 192 Å². The number of aromatic hydroxyl groups is 1. The fourth-order valence-corrected chi connectivity index (χ4v) is 4.44. The molecular weight excluding hydrogens is 455 g/mol. The number of fused-ring (bicyclic) bond motifs is 2. The van der Waals surface area contributed by atoms with Crippen LogP contribution in [-0.2, 0) is 11.3 Å². The number of halogens is 3. The number of nitrogens with one attached hydrogen (secondary N) is 1. The third kappa shape index (κ3) is 4.07. The quantitative estimate of drug-likeness (QED) is 0.622. The summed E-state index contributed by atoms with van der Waals surface area (Å²) in [5.41, 5.74) is -2.41. The molecule has 11 heteroatoms. The van der Waals surface area contributed by atoms with Crippen LogP contribution < -0.4 is 10.7 Å². The van der Waals surface area contributed by atoms with E-state index >= 15 is 0 Å². The molecule has 2 aliphatic rings. The van der Waals surface area contributed by atoms with Crippen LogP contribution in [0.1, 0.15) is 45.3 Å². The van der Waals surface area contributed by atoms with E-state index in [4.69, 9.17) is 4.74 Å². The highest BCUT2D eigenvalue weighted by Gasteiger charge is 2.42. The van der Waals surface area contributed by atoms with Gasteiger partial charge in [-0.3, -0.25) is 14.4 Å². The molecule has 0 saturated heterocycles. The second-order valence-electron chi connectivity index (χ2n) is 8.09. The van der Waals surface area contributed by atoms with E-state index in [-0.39, 0.29) is 11.7 Å². The lowest BCUT2D eigenvalue weighted by atomic mass is 9.92. The molecule has 0 fully saturated rings. The molecule has 180 valence electrons. The van der Waals surface area contributed by atoms with E-state index < -0.39 is 64.2 Å². The Bertz CT molecular complexity index is 1220. The number of methoxy groups -OCH3 is 1. The Morgan fingerprint density at radius 1 is 1.21 bits per heavy atom. The SMILES string of the molecule is COCC[C@H]1C2CC=CCN2C(=O)c2c(O)c(=O)c(C(=O)NCc3c(F)cc(F)cc3F)cn21. The van der Waals surface area contributed by atoms with E-state index in [1.165, 1.54) is 17.9 Å². The van der Waals surface area contributed by atoms with Gasteiger partial charge in [-0.05, 0) is 12.8 Å². The Morgan fingerprint density at radius 2 is 1.91 bits per heavy atom. The van der Waals surface area contributed by atoms with Crippen LogP contribution in [0.2, 0.25) is 0 Å². The number of carbonyl (C=O) groups is 2. The van der Waals surface area contributed by atoms with E-state index in [1.807, 2.05) is 12.2 Å². The van der Waals surface area contributed by atoms with Crippen molar-refractivity contribution >= 4 is 11.8 Å². The molecule has 0 bridgehead atoms. The molecule has 2 aromatic rings. The van der Waals surface area contributed by atoms with Gasteiger partial charge >= 0.3 is 0 Å². The van der Waals surface area contributed by atoms with Gasteiger partial charge in [0.05, 0.1) is 12.1 Å². The minimum atomic E-state index is -1.20. The van der Waals surface area contributed by atoms with Gasteiger partial charge in [0.25, 0.3) is 11.8 Å². The van der Waals surface area contributed by atoms with Gasteiger partial charge in [-0.2, -0.15) is 0 Å². The van der Waals surface area contributed by atoms with Crippen molar-refractivity contribution in [1.29, 1.82) is 0 Å². The molecule has 1 unspecified atom stereocenters. The summed E-state index contributed by atoms with van der Waals surface area (Å²) < 4.78 is 47.5. The number of pyridine rings is 1. The van der Waals surface area contributed by atoms with Crippen molar-refractivity contribution in [2.24, 2.45) is 0 Å². The molecule has 0 radical (unpaired) electrons. The molecule has 4 rings (SSSR count). The van der Waals surface area contributed by atoms with E-state index in [9.17, 15) is 32.7 Å². The zero-order valence-electron chi connectivity index (χ0n) is 18.2. The lowest BCUT2D eigenvalue weighted by Crippen LogP contribution is -2.53. The molecule has 8 nitrogen and oxygen atoms in total. The molecule has 1 aromatic heterocycles. The second-order valence-corrected chi connectivity index (χ2v) is 8.09. The van der Waals surface area contributed by atoms with Crippen LogP contribution in [0.3, 0.4) is 0 Å². The van der Waals surface area contributed by atoms with Crippen LogP contribution in [0, 0.1) is 17.5 Å². The molecule has 1 aromatic carbocycles. The first-order valence-corrected chi connectivity index (χ1v) is 10.6. The Balaban J connectivity index is 1.71. The Kier molecular flexibility index (Phi) is 6.47. The summed E-state index contributed by atoms with van der Waals surface area (Å²) in [5.74, 6) is -5.94. The van der Waals surface area contributed by atoms with Gasteiger partial charge in [-0.15, -0.1) is 0 Å². The number of benzene rings is 1. The highest BCUT2D eigenvalue weighted by molar-refractivity contribution is 5.99. The number of amides is 2. The normalized spacial score (nSPS) is 19.1. The number of carbonyl (C=O) groups excluding carboxylic acids is 2. The molecular formula is C23H22F3N3O5. The maximum absolute atomic E-state index is 13.9. The van der Waals surface area contributed by atoms with Crippen molar-refractivity contribution in [3.63, 3.8) is 0 Å². The zero-order valence-corrected chi connectivity index (χ0v) is 18.2. The topological polar surface area (TPSA) is 101 Å².